The zero-order chi connectivity index (χ0) is 15.4. The molecule has 2 N–H and O–H groups in total. The first-order valence-corrected chi connectivity index (χ1v) is 7.55. The molecule has 2 aromatic rings. The van der Waals surface area contributed by atoms with Gasteiger partial charge < -0.3 is 10.5 Å². The zero-order valence-corrected chi connectivity index (χ0v) is 13.4. The maximum Gasteiger partial charge on any atom is 0.136 e. The first-order valence-electron chi connectivity index (χ1n) is 7.55. The van der Waals surface area contributed by atoms with Gasteiger partial charge in [-0.15, -0.1) is 0 Å². The molecule has 0 saturated heterocycles. The van der Waals surface area contributed by atoms with Crippen molar-refractivity contribution >= 4 is 0 Å². The molecule has 0 radical (unpaired) electrons. The van der Waals surface area contributed by atoms with Gasteiger partial charge in [0.25, 0.3) is 0 Å². The Morgan fingerprint density at radius 1 is 1.00 bits per heavy atom. The lowest BCUT2D eigenvalue weighted by atomic mass is 9.99. The van der Waals surface area contributed by atoms with E-state index in [1.807, 2.05) is 12.1 Å². The summed E-state index contributed by atoms with van der Waals surface area (Å²) >= 11 is 0. The maximum absolute atomic E-state index is 6.28. The van der Waals surface area contributed by atoms with Crippen LogP contribution in [-0.2, 0) is 0 Å². The second-order valence-electron chi connectivity index (χ2n) is 5.89. The van der Waals surface area contributed by atoms with Gasteiger partial charge in [0.05, 0.1) is 0 Å². The van der Waals surface area contributed by atoms with Gasteiger partial charge in [-0.3, -0.25) is 0 Å². The van der Waals surface area contributed by atoms with Crippen molar-refractivity contribution < 1.29 is 4.74 Å². The van der Waals surface area contributed by atoms with Crippen molar-refractivity contribution in [2.24, 2.45) is 5.73 Å². The second kappa shape index (κ2) is 6.77. The van der Waals surface area contributed by atoms with Gasteiger partial charge in [0.2, 0.25) is 0 Å². The summed E-state index contributed by atoms with van der Waals surface area (Å²) < 4.78 is 6.28. The Balaban J connectivity index is 2.35. The Morgan fingerprint density at radius 3 is 2.33 bits per heavy atom. The predicted octanol–water partition coefficient (Wildman–Crippen LogP) is 4.51. The van der Waals surface area contributed by atoms with E-state index in [1.165, 1.54) is 16.7 Å². The van der Waals surface area contributed by atoms with Gasteiger partial charge >= 0.3 is 0 Å². The summed E-state index contributed by atoms with van der Waals surface area (Å²) in [6, 6.07) is 14.7. The topological polar surface area (TPSA) is 35.2 Å². The van der Waals surface area contributed by atoms with Crippen molar-refractivity contribution in [2.75, 3.05) is 6.54 Å². The third-order valence-electron chi connectivity index (χ3n) is 3.81. The van der Waals surface area contributed by atoms with Crippen LogP contribution in [0.1, 0.15) is 48.1 Å². The van der Waals surface area contributed by atoms with Crippen LogP contribution in [-0.4, -0.2) is 6.54 Å². The van der Waals surface area contributed by atoms with Gasteiger partial charge in [-0.2, -0.15) is 0 Å². The predicted molar refractivity (Wildman–Crippen MR) is 88.9 cm³/mol. The highest BCUT2D eigenvalue weighted by atomic mass is 16.5. The standard InChI is InChI=1S/C19H25NO/c1-13(2)16-10-9-14(3)11-18(16)21-19(12-20)17-8-6-5-7-15(17)4/h5-11,13,19H,12,20H2,1-4H3. The van der Waals surface area contributed by atoms with Crippen molar-refractivity contribution in [1.29, 1.82) is 0 Å². The molecule has 0 aromatic heterocycles. The average molecular weight is 283 g/mol. The fraction of sp³-hybridized carbons (Fsp3) is 0.368. The van der Waals surface area contributed by atoms with Gasteiger partial charge in [0, 0.05) is 6.54 Å². The lowest BCUT2D eigenvalue weighted by molar-refractivity contribution is 0.210. The van der Waals surface area contributed by atoms with Gasteiger partial charge in [-0.1, -0.05) is 50.2 Å². The van der Waals surface area contributed by atoms with Gasteiger partial charge in [0.15, 0.2) is 0 Å². The van der Waals surface area contributed by atoms with Crippen molar-refractivity contribution in [3.05, 3.63) is 64.7 Å². The summed E-state index contributed by atoms with van der Waals surface area (Å²) in [4.78, 5) is 0. The summed E-state index contributed by atoms with van der Waals surface area (Å²) in [6.45, 7) is 9.02. The molecule has 0 aliphatic heterocycles. The van der Waals surface area contributed by atoms with Crippen LogP contribution in [0.5, 0.6) is 5.75 Å². The lowest BCUT2D eigenvalue weighted by Crippen LogP contribution is -2.20. The van der Waals surface area contributed by atoms with E-state index in [1.54, 1.807) is 0 Å². The molecule has 0 spiro atoms. The molecule has 0 aliphatic rings. The third kappa shape index (κ3) is 3.64. The van der Waals surface area contributed by atoms with Crippen LogP contribution in [0.25, 0.3) is 0 Å². The summed E-state index contributed by atoms with van der Waals surface area (Å²) in [6.07, 6.45) is -0.106. The van der Waals surface area contributed by atoms with E-state index in [9.17, 15) is 0 Å². The molecule has 0 fully saturated rings. The van der Waals surface area contributed by atoms with Crippen molar-refractivity contribution in [3.63, 3.8) is 0 Å². The lowest BCUT2D eigenvalue weighted by Gasteiger charge is -2.23. The molecule has 0 amide bonds. The summed E-state index contributed by atoms with van der Waals surface area (Å²) in [7, 11) is 0. The van der Waals surface area contributed by atoms with E-state index < -0.39 is 0 Å². The number of rotatable bonds is 5. The normalized spacial score (nSPS) is 12.5. The number of ether oxygens (including phenoxy) is 1. The molecule has 0 saturated carbocycles. The summed E-state index contributed by atoms with van der Waals surface area (Å²) in [5.74, 6) is 1.37. The van der Waals surface area contributed by atoms with Crippen LogP contribution in [0.3, 0.4) is 0 Å². The van der Waals surface area contributed by atoms with E-state index in [0.717, 1.165) is 11.3 Å². The Morgan fingerprint density at radius 2 is 1.71 bits per heavy atom. The molecular formula is C19H25NO. The number of benzene rings is 2. The molecule has 2 rings (SSSR count). The van der Waals surface area contributed by atoms with E-state index in [0.29, 0.717) is 12.5 Å². The molecule has 0 bridgehead atoms. The first-order chi connectivity index (χ1) is 10.0. The molecule has 112 valence electrons. The van der Waals surface area contributed by atoms with Crippen LogP contribution in [0.2, 0.25) is 0 Å². The highest BCUT2D eigenvalue weighted by molar-refractivity contribution is 5.40. The Labute approximate surface area is 127 Å². The minimum atomic E-state index is -0.106. The van der Waals surface area contributed by atoms with Crippen molar-refractivity contribution in [3.8, 4) is 5.75 Å². The van der Waals surface area contributed by atoms with Crippen molar-refractivity contribution in [1.82, 2.24) is 0 Å². The summed E-state index contributed by atoms with van der Waals surface area (Å²) in [5.41, 5.74) is 10.8. The largest absolute Gasteiger partial charge is 0.484 e. The Hall–Kier alpha value is -1.80. The quantitative estimate of drug-likeness (QED) is 0.876. The van der Waals surface area contributed by atoms with E-state index >= 15 is 0 Å². The molecule has 1 unspecified atom stereocenters. The molecular weight excluding hydrogens is 258 g/mol. The van der Waals surface area contributed by atoms with Crippen LogP contribution >= 0.6 is 0 Å². The third-order valence-corrected chi connectivity index (χ3v) is 3.81. The van der Waals surface area contributed by atoms with E-state index in [-0.39, 0.29) is 6.10 Å². The molecule has 2 nitrogen and oxygen atoms in total. The Kier molecular flexibility index (Phi) is 5.03. The molecule has 0 heterocycles. The van der Waals surface area contributed by atoms with Gasteiger partial charge in [0.1, 0.15) is 11.9 Å². The number of hydrogen-bond acceptors (Lipinski definition) is 2. The van der Waals surface area contributed by atoms with Crippen LogP contribution in [0, 0.1) is 13.8 Å². The number of aryl methyl sites for hydroxylation is 2. The zero-order valence-electron chi connectivity index (χ0n) is 13.4. The van der Waals surface area contributed by atoms with Crippen molar-refractivity contribution in [2.45, 2.75) is 39.7 Å². The monoisotopic (exact) mass is 283 g/mol. The first kappa shape index (κ1) is 15.6. The summed E-state index contributed by atoms with van der Waals surface area (Å²) in [5, 5.41) is 0. The highest BCUT2D eigenvalue weighted by Crippen LogP contribution is 2.31. The fourth-order valence-electron chi connectivity index (χ4n) is 2.56. The number of hydrogen-bond donors (Lipinski definition) is 1. The van der Waals surface area contributed by atoms with Gasteiger partial charge in [-0.05, 0) is 48.1 Å². The average Bonchev–Trinajstić information content (AvgIpc) is 2.45. The second-order valence-corrected chi connectivity index (χ2v) is 5.89. The van der Waals surface area contributed by atoms with Crippen LogP contribution < -0.4 is 10.5 Å². The van der Waals surface area contributed by atoms with E-state index in [4.69, 9.17) is 10.5 Å². The molecule has 0 aliphatic carbocycles. The van der Waals surface area contributed by atoms with Gasteiger partial charge in [-0.25, -0.2) is 0 Å². The molecule has 2 heteroatoms. The van der Waals surface area contributed by atoms with Crippen LogP contribution in [0.4, 0.5) is 0 Å². The van der Waals surface area contributed by atoms with Crippen LogP contribution in [0.15, 0.2) is 42.5 Å². The Bertz CT molecular complexity index is 604. The minimum absolute atomic E-state index is 0.106. The smallest absolute Gasteiger partial charge is 0.136 e. The highest BCUT2D eigenvalue weighted by Gasteiger charge is 2.16. The molecule has 2 aromatic carbocycles. The molecule has 1 atom stereocenters. The minimum Gasteiger partial charge on any atom is -0.484 e. The SMILES string of the molecule is Cc1ccc(C(C)C)c(OC(CN)c2ccccc2C)c1. The molecule has 21 heavy (non-hydrogen) atoms. The maximum atomic E-state index is 6.28. The van der Waals surface area contributed by atoms with E-state index in [2.05, 4.69) is 58.0 Å². The fourth-order valence-corrected chi connectivity index (χ4v) is 2.56. The number of nitrogens with two attached hydrogens (primary N) is 1.